The van der Waals surface area contributed by atoms with Gasteiger partial charge in [0.1, 0.15) is 0 Å². The minimum absolute atomic E-state index is 0.0596. The SMILES string of the molecule is CC.CC.O=c1[nH][nH]c2ccccc12. The molecule has 1 aromatic heterocycles. The molecule has 0 bridgehead atoms. The Balaban J connectivity index is 0.000000379. The molecular formula is C11H18N2O. The summed E-state index contributed by atoms with van der Waals surface area (Å²) in [6.07, 6.45) is 0. The van der Waals surface area contributed by atoms with E-state index >= 15 is 0 Å². The second-order valence-corrected chi connectivity index (χ2v) is 2.12. The van der Waals surface area contributed by atoms with Crippen molar-refractivity contribution in [1.29, 1.82) is 0 Å². The summed E-state index contributed by atoms with van der Waals surface area (Å²) in [4.78, 5) is 10.9. The Hall–Kier alpha value is -1.51. The molecule has 14 heavy (non-hydrogen) atoms. The molecule has 0 atom stereocenters. The zero-order valence-corrected chi connectivity index (χ0v) is 9.22. The van der Waals surface area contributed by atoms with Crippen LogP contribution in [0.3, 0.4) is 0 Å². The van der Waals surface area contributed by atoms with Gasteiger partial charge < -0.3 is 0 Å². The Bertz CT molecular complexity index is 401. The van der Waals surface area contributed by atoms with Crippen LogP contribution in [0.1, 0.15) is 27.7 Å². The predicted octanol–water partition coefficient (Wildman–Crippen LogP) is 2.91. The number of aromatic amines is 2. The molecule has 2 N–H and O–H groups in total. The molecule has 0 spiro atoms. The van der Waals surface area contributed by atoms with Crippen LogP contribution in [-0.4, -0.2) is 10.2 Å². The number of benzene rings is 1. The molecule has 0 saturated carbocycles. The van der Waals surface area contributed by atoms with Crippen molar-refractivity contribution in [1.82, 2.24) is 10.2 Å². The smallest absolute Gasteiger partial charge is 0.271 e. The molecule has 3 heteroatoms. The van der Waals surface area contributed by atoms with Crippen LogP contribution in [0.15, 0.2) is 29.1 Å². The van der Waals surface area contributed by atoms with Crippen molar-refractivity contribution >= 4 is 10.9 Å². The van der Waals surface area contributed by atoms with Gasteiger partial charge in [0.15, 0.2) is 0 Å². The van der Waals surface area contributed by atoms with Gasteiger partial charge in [0, 0.05) is 0 Å². The molecule has 2 rings (SSSR count). The molecule has 0 saturated heterocycles. The van der Waals surface area contributed by atoms with Gasteiger partial charge in [-0.1, -0.05) is 39.8 Å². The number of hydrogen-bond acceptors (Lipinski definition) is 1. The van der Waals surface area contributed by atoms with Crippen LogP contribution in [-0.2, 0) is 0 Å². The molecule has 1 heterocycles. The predicted molar refractivity (Wildman–Crippen MR) is 61.6 cm³/mol. The zero-order valence-electron chi connectivity index (χ0n) is 9.22. The molecule has 1 aromatic carbocycles. The van der Waals surface area contributed by atoms with E-state index in [2.05, 4.69) is 10.2 Å². The molecule has 0 aliphatic rings. The van der Waals surface area contributed by atoms with Crippen LogP contribution in [0.4, 0.5) is 0 Å². The molecule has 2 aromatic rings. The Morgan fingerprint density at radius 2 is 1.50 bits per heavy atom. The maximum atomic E-state index is 10.9. The van der Waals surface area contributed by atoms with E-state index in [-0.39, 0.29) is 5.56 Å². The molecule has 0 aliphatic heterocycles. The van der Waals surface area contributed by atoms with E-state index in [0.717, 1.165) is 5.52 Å². The first-order chi connectivity index (χ1) is 6.88. The summed E-state index contributed by atoms with van der Waals surface area (Å²) in [7, 11) is 0. The van der Waals surface area contributed by atoms with Gasteiger partial charge in [-0.2, -0.15) is 0 Å². The molecule has 0 unspecified atom stereocenters. The Kier molecular flexibility index (Phi) is 6.20. The average Bonchev–Trinajstić information content (AvgIpc) is 2.67. The third kappa shape index (κ3) is 2.76. The van der Waals surface area contributed by atoms with E-state index in [1.807, 2.05) is 45.9 Å². The molecule has 0 aliphatic carbocycles. The fraction of sp³-hybridized carbons (Fsp3) is 0.364. The highest BCUT2D eigenvalue weighted by atomic mass is 16.1. The van der Waals surface area contributed by atoms with Crippen LogP contribution >= 0.6 is 0 Å². The summed E-state index contributed by atoms with van der Waals surface area (Å²) in [6, 6.07) is 7.36. The summed E-state index contributed by atoms with van der Waals surface area (Å²) < 4.78 is 0. The summed E-state index contributed by atoms with van der Waals surface area (Å²) in [6.45, 7) is 8.00. The Morgan fingerprint density at radius 3 is 2.07 bits per heavy atom. The molecule has 0 radical (unpaired) electrons. The van der Waals surface area contributed by atoms with Crippen LogP contribution in [0.25, 0.3) is 10.9 Å². The minimum atomic E-state index is -0.0596. The van der Waals surface area contributed by atoms with Gasteiger partial charge in [0.2, 0.25) is 0 Å². The van der Waals surface area contributed by atoms with Crippen molar-refractivity contribution in [2.45, 2.75) is 27.7 Å². The van der Waals surface area contributed by atoms with Gasteiger partial charge in [-0.05, 0) is 12.1 Å². The third-order valence-corrected chi connectivity index (χ3v) is 1.48. The quantitative estimate of drug-likeness (QED) is 0.665. The third-order valence-electron chi connectivity index (χ3n) is 1.48. The average molecular weight is 194 g/mol. The number of fused-ring (bicyclic) bond motifs is 1. The van der Waals surface area contributed by atoms with E-state index < -0.39 is 0 Å². The van der Waals surface area contributed by atoms with Gasteiger partial charge in [-0.15, -0.1) is 0 Å². The van der Waals surface area contributed by atoms with Gasteiger partial charge in [-0.3, -0.25) is 15.0 Å². The normalized spacial score (nSPS) is 8.29. The second kappa shape index (κ2) is 6.95. The van der Waals surface area contributed by atoms with Crippen LogP contribution in [0, 0.1) is 0 Å². The van der Waals surface area contributed by atoms with Gasteiger partial charge >= 0.3 is 0 Å². The number of aromatic nitrogens is 2. The summed E-state index contributed by atoms with van der Waals surface area (Å²) >= 11 is 0. The van der Waals surface area contributed by atoms with Crippen LogP contribution in [0.5, 0.6) is 0 Å². The number of H-pyrrole nitrogens is 2. The largest absolute Gasteiger partial charge is 0.298 e. The molecular weight excluding hydrogens is 176 g/mol. The van der Waals surface area contributed by atoms with Crippen molar-refractivity contribution in [2.75, 3.05) is 0 Å². The monoisotopic (exact) mass is 194 g/mol. The topological polar surface area (TPSA) is 48.6 Å². The Morgan fingerprint density at radius 1 is 0.929 bits per heavy atom. The van der Waals surface area contributed by atoms with Crippen molar-refractivity contribution < 1.29 is 0 Å². The van der Waals surface area contributed by atoms with E-state index in [9.17, 15) is 4.79 Å². The maximum absolute atomic E-state index is 10.9. The maximum Gasteiger partial charge on any atom is 0.271 e. The highest BCUT2D eigenvalue weighted by Gasteiger charge is 1.95. The molecule has 0 fully saturated rings. The van der Waals surface area contributed by atoms with Crippen molar-refractivity contribution in [2.24, 2.45) is 0 Å². The van der Waals surface area contributed by atoms with E-state index in [4.69, 9.17) is 0 Å². The number of rotatable bonds is 0. The van der Waals surface area contributed by atoms with E-state index in [0.29, 0.717) is 5.39 Å². The lowest BCUT2D eigenvalue weighted by Crippen LogP contribution is -1.96. The first-order valence-electron chi connectivity index (χ1n) is 5.03. The van der Waals surface area contributed by atoms with Crippen molar-refractivity contribution in [3.8, 4) is 0 Å². The number of hydrogen-bond donors (Lipinski definition) is 2. The summed E-state index contributed by atoms with van der Waals surface area (Å²) in [5.41, 5.74) is 0.795. The fourth-order valence-electron chi connectivity index (χ4n) is 0.982. The lowest BCUT2D eigenvalue weighted by molar-refractivity contribution is 1.08. The minimum Gasteiger partial charge on any atom is -0.298 e. The van der Waals surface area contributed by atoms with Crippen molar-refractivity contribution in [3.63, 3.8) is 0 Å². The molecule has 0 amide bonds. The van der Waals surface area contributed by atoms with Crippen LogP contribution in [0.2, 0.25) is 0 Å². The lowest BCUT2D eigenvalue weighted by atomic mass is 10.3. The van der Waals surface area contributed by atoms with E-state index in [1.165, 1.54) is 0 Å². The number of nitrogens with one attached hydrogen (secondary N) is 2. The summed E-state index contributed by atoms with van der Waals surface area (Å²) in [5, 5.41) is 5.96. The summed E-state index contributed by atoms with van der Waals surface area (Å²) in [5.74, 6) is 0. The Labute approximate surface area is 84.1 Å². The first-order valence-corrected chi connectivity index (χ1v) is 5.03. The van der Waals surface area contributed by atoms with Gasteiger partial charge in [-0.25, -0.2) is 0 Å². The van der Waals surface area contributed by atoms with Gasteiger partial charge in [0.05, 0.1) is 10.9 Å². The molecule has 3 nitrogen and oxygen atoms in total. The first kappa shape index (κ1) is 12.5. The number of para-hydroxylation sites is 1. The highest BCUT2D eigenvalue weighted by molar-refractivity contribution is 5.77. The van der Waals surface area contributed by atoms with E-state index in [1.54, 1.807) is 6.07 Å². The van der Waals surface area contributed by atoms with Crippen LogP contribution < -0.4 is 5.56 Å². The van der Waals surface area contributed by atoms with Gasteiger partial charge in [0.25, 0.3) is 5.56 Å². The second-order valence-electron chi connectivity index (χ2n) is 2.12. The highest BCUT2D eigenvalue weighted by Crippen LogP contribution is 2.02. The zero-order chi connectivity index (χ0) is 11.0. The lowest BCUT2D eigenvalue weighted by Gasteiger charge is -1.80. The standard InChI is InChI=1S/C7H6N2O.2C2H6/c10-7-5-3-1-2-4-6(5)8-9-7;2*1-2/h1-4H,(H2,8,9,10);2*1-2H3. The molecule has 78 valence electrons. The fourth-order valence-corrected chi connectivity index (χ4v) is 0.982. The van der Waals surface area contributed by atoms with Crippen molar-refractivity contribution in [3.05, 3.63) is 34.6 Å².